The topological polar surface area (TPSA) is 96.1 Å². The van der Waals surface area contributed by atoms with Crippen molar-refractivity contribution in [2.75, 3.05) is 0 Å². The second-order valence-electron chi connectivity index (χ2n) is 8.12. The number of rotatable bonds is 8. The Morgan fingerprint density at radius 2 is 1.74 bits per heavy atom. The van der Waals surface area contributed by atoms with Crippen LogP contribution in [0.3, 0.4) is 0 Å². The minimum absolute atomic E-state index is 0.125. The van der Waals surface area contributed by atoms with Gasteiger partial charge < -0.3 is 20.4 Å². The van der Waals surface area contributed by atoms with Crippen LogP contribution < -0.4 is 10.6 Å². The molecule has 0 saturated carbocycles. The van der Waals surface area contributed by atoms with Crippen molar-refractivity contribution in [3.8, 4) is 0 Å². The van der Waals surface area contributed by atoms with Gasteiger partial charge in [0.15, 0.2) is 0 Å². The first-order valence-electron chi connectivity index (χ1n) is 11.3. The molecule has 0 spiro atoms. The number of nitrogens with zero attached hydrogens (tertiary/aromatic N) is 1. The number of aromatic amines is 1. The lowest BCUT2D eigenvalue weighted by molar-refractivity contribution is -0.123. The number of ether oxygens (including phenoxy) is 1. The normalized spacial score (nSPS) is 11.9. The molecule has 0 aliphatic heterocycles. The lowest BCUT2D eigenvalue weighted by Crippen LogP contribution is -2.48. The number of alkyl carbamates (subject to hydrolysis) is 1. The average molecular weight is 485 g/mol. The highest BCUT2D eigenvalue weighted by Gasteiger charge is 2.23. The predicted molar refractivity (Wildman–Crippen MR) is 137 cm³/mol. The van der Waals surface area contributed by atoms with Crippen molar-refractivity contribution in [3.63, 3.8) is 0 Å². The fourth-order valence-electron chi connectivity index (χ4n) is 3.92. The van der Waals surface area contributed by atoms with Gasteiger partial charge in [0.25, 0.3) is 0 Å². The van der Waals surface area contributed by atoms with Crippen LogP contribution in [0.25, 0.3) is 21.1 Å². The van der Waals surface area contributed by atoms with E-state index < -0.39 is 12.1 Å². The van der Waals surface area contributed by atoms with Gasteiger partial charge in [-0.25, -0.2) is 9.78 Å². The number of hydrogen-bond acceptors (Lipinski definition) is 5. The minimum Gasteiger partial charge on any atom is -0.445 e. The van der Waals surface area contributed by atoms with Gasteiger partial charge in [-0.3, -0.25) is 4.79 Å². The monoisotopic (exact) mass is 484 g/mol. The molecule has 2 amide bonds. The summed E-state index contributed by atoms with van der Waals surface area (Å²) in [5.41, 5.74) is 3.68. The van der Waals surface area contributed by atoms with Crippen LogP contribution in [-0.2, 0) is 29.1 Å². The highest BCUT2D eigenvalue weighted by molar-refractivity contribution is 7.18. The van der Waals surface area contributed by atoms with E-state index in [1.807, 2.05) is 85.1 Å². The average Bonchev–Trinajstić information content (AvgIpc) is 3.50. The molecule has 3 N–H and O–H groups in total. The summed E-state index contributed by atoms with van der Waals surface area (Å²) in [6, 6.07) is 24.3. The summed E-state index contributed by atoms with van der Waals surface area (Å²) in [6.07, 6.45) is 1.54. The van der Waals surface area contributed by atoms with E-state index in [1.54, 1.807) is 0 Å². The molecule has 0 fully saturated rings. The Labute approximate surface area is 206 Å². The lowest BCUT2D eigenvalue weighted by Gasteiger charge is -2.18. The molecule has 0 aliphatic carbocycles. The molecule has 7 nitrogen and oxygen atoms in total. The second-order valence-corrected chi connectivity index (χ2v) is 9.23. The molecule has 0 bridgehead atoms. The second kappa shape index (κ2) is 10.4. The summed E-state index contributed by atoms with van der Waals surface area (Å²) in [5, 5.41) is 7.49. The molecule has 1 atom stereocenters. The standard InChI is InChI=1S/C27H24N4O3S/c32-26(29-16-25-30-22-12-6-7-13-24(22)35-25)23(14-19-15-28-21-11-5-4-10-20(19)21)31-27(33)34-17-18-8-2-1-3-9-18/h1-13,15,23,28H,14,16-17H2,(H,29,32)(H,31,33)/t23-/m0/s1. The molecule has 3 aromatic carbocycles. The van der Waals surface area contributed by atoms with Gasteiger partial charge in [-0.05, 0) is 29.3 Å². The Morgan fingerprint density at radius 3 is 2.60 bits per heavy atom. The van der Waals surface area contributed by atoms with Crippen molar-refractivity contribution in [2.24, 2.45) is 0 Å². The predicted octanol–water partition coefficient (Wildman–Crippen LogP) is 4.93. The summed E-state index contributed by atoms with van der Waals surface area (Å²) < 4.78 is 6.43. The zero-order valence-electron chi connectivity index (χ0n) is 18.9. The van der Waals surface area contributed by atoms with Crippen molar-refractivity contribution in [1.82, 2.24) is 20.6 Å². The van der Waals surface area contributed by atoms with E-state index in [-0.39, 0.29) is 19.1 Å². The van der Waals surface area contributed by atoms with Crippen molar-refractivity contribution in [3.05, 3.63) is 101 Å². The van der Waals surface area contributed by atoms with E-state index in [0.29, 0.717) is 6.42 Å². The number of fused-ring (bicyclic) bond motifs is 2. The first-order chi connectivity index (χ1) is 17.2. The van der Waals surface area contributed by atoms with Crippen LogP contribution in [0.2, 0.25) is 0 Å². The van der Waals surface area contributed by atoms with Crippen molar-refractivity contribution in [2.45, 2.75) is 25.6 Å². The minimum atomic E-state index is -0.813. The van der Waals surface area contributed by atoms with E-state index in [0.717, 1.165) is 37.3 Å². The van der Waals surface area contributed by atoms with E-state index >= 15 is 0 Å². The Balaban J connectivity index is 1.29. The number of carbonyl (C=O) groups excluding carboxylic acids is 2. The van der Waals surface area contributed by atoms with Crippen LogP contribution in [0.1, 0.15) is 16.1 Å². The van der Waals surface area contributed by atoms with Crippen LogP contribution in [0.4, 0.5) is 4.79 Å². The third-order valence-electron chi connectivity index (χ3n) is 5.67. The lowest BCUT2D eigenvalue weighted by atomic mass is 10.0. The maximum Gasteiger partial charge on any atom is 0.408 e. The van der Waals surface area contributed by atoms with Gasteiger partial charge in [0.05, 0.1) is 16.8 Å². The largest absolute Gasteiger partial charge is 0.445 e. The van der Waals surface area contributed by atoms with Crippen molar-refractivity contribution in [1.29, 1.82) is 0 Å². The smallest absolute Gasteiger partial charge is 0.408 e. The van der Waals surface area contributed by atoms with E-state index in [4.69, 9.17) is 4.74 Å². The van der Waals surface area contributed by atoms with Gasteiger partial charge in [0.1, 0.15) is 17.7 Å². The zero-order chi connectivity index (χ0) is 24.0. The molecule has 2 aromatic heterocycles. The fourth-order valence-corrected chi connectivity index (χ4v) is 4.83. The Hall–Kier alpha value is -4.17. The number of amides is 2. The number of para-hydroxylation sites is 2. The quantitative estimate of drug-likeness (QED) is 0.291. The molecule has 8 heteroatoms. The number of benzene rings is 3. The van der Waals surface area contributed by atoms with Crippen LogP contribution in [-0.4, -0.2) is 28.0 Å². The zero-order valence-corrected chi connectivity index (χ0v) is 19.7. The molecule has 0 saturated heterocycles. The first kappa shape index (κ1) is 22.6. The van der Waals surface area contributed by atoms with Crippen molar-refractivity contribution >= 4 is 44.5 Å². The fraction of sp³-hybridized carbons (Fsp3) is 0.148. The van der Waals surface area contributed by atoms with Gasteiger partial charge in [0.2, 0.25) is 5.91 Å². The Morgan fingerprint density at radius 1 is 0.971 bits per heavy atom. The SMILES string of the molecule is O=C(N[C@@H](Cc1c[nH]c2ccccc12)C(=O)NCc1nc2ccccc2s1)OCc1ccccc1. The molecule has 2 heterocycles. The van der Waals surface area contributed by atoms with Crippen molar-refractivity contribution < 1.29 is 14.3 Å². The van der Waals surface area contributed by atoms with E-state index in [2.05, 4.69) is 20.6 Å². The molecule has 176 valence electrons. The highest BCUT2D eigenvalue weighted by Crippen LogP contribution is 2.22. The summed E-state index contributed by atoms with van der Waals surface area (Å²) in [7, 11) is 0. The van der Waals surface area contributed by atoms with Crippen LogP contribution >= 0.6 is 11.3 Å². The van der Waals surface area contributed by atoms with Gasteiger partial charge in [-0.15, -0.1) is 11.3 Å². The molecule has 35 heavy (non-hydrogen) atoms. The Kier molecular flexibility index (Phi) is 6.72. The number of carbonyl (C=O) groups is 2. The van der Waals surface area contributed by atoms with Gasteiger partial charge in [-0.2, -0.15) is 0 Å². The molecule has 5 rings (SSSR count). The van der Waals surface area contributed by atoms with Gasteiger partial charge in [0, 0.05) is 23.5 Å². The number of hydrogen-bond donors (Lipinski definition) is 3. The summed E-state index contributed by atoms with van der Waals surface area (Å²) in [4.78, 5) is 33.6. The summed E-state index contributed by atoms with van der Waals surface area (Å²) >= 11 is 1.53. The molecule has 0 aliphatic rings. The molecule has 0 radical (unpaired) electrons. The molecule has 0 unspecified atom stereocenters. The maximum atomic E-state index is 13.2. The number of H-pyrrole nitrogens is 1. The summed E-state index contributed by atoms with van der Waals surface area (Å²) in [6.45, 7) is 0.406. The third-order valence-corrected chi connectivity index (χ3v) is 6.71. The van der Waals surface area contributed by atoms with E-state index in [9.17, 15) is 9.59 Å². The maximum absolute atomic E-state index is 13.2. The molecular weight excluding hydrogens is 460 g/mol. The van der Waals surface area contributed by atoms with E-state index in [1.165, 1.54) is 11.3 Å². The third kappa shape index (κ3) is 5.50. The van der Waals surface area contributed by atoms with Crippen LogP contribution in [0, 0.1) is 0 Å². The molecule has 5 aromatic rings. The molecular formula is C27H24N4O3S. The van der Waals surface area contributed by atoms with Crippen LogP contribution in [0.15, 0.2) is 85.1 Å². The number of thiazole rings is 1. The first-order valence-corrected chi connectivity index (χ1v) is 12.1. The number of aromatic nitrogens is 2. The van der Waals surface area contributed by atoms with Crippen LogP contribution in [0.5, 0.6) is 0 Å². The Bertz CT molecular complexity index is 1430. The summed E-state index contributed by atoms with van der Waals surface area (Å²) in [5.74, 6) is -0.300. The highest BCUT2D eigenvalue weighted by atomic mass is 32.1. The number of nitrogens with one attached hydrogen (secondary N) is 3. The van der Waals surface area contributed by atoms with Gasteiger partial charge >= 0.3 is 6.09 Å². The van der Waals surface area contributed by atoms with Gasteiger partial charge in [-0.1, -0.05) is 60.7 Å².